The van der Waals surface area contributed by atoms with Crippen LogP contribution in [0.4, 0.5) is 14.5 Å². The zero-order chi connectivity index (χ0) is 17.3. The molecule has 1 heterocycles. The Morgan fingerprint density at radius 1 is 1.17 bits per heavy atom. The summed E-state index contributed by atoms with van der Waals surface area (Å²) in [6, 6.07) is 11.3. The number of hydrogen-bond acceptors (Lipinski definition) is 2. The fourth-order valence-electron chi connectivity index (χ4n) is 2.83. The number of para-hydroxylation sites is 1. The summed E-state index contributed by atoms with van der Waals surface area (Å²) >= 11 is 5.32. The van der Waals surface area contributed by atoms with Gasteiger partial charge in [0.1, 0.15) is 11.4 Å². The molecule has 0 aliphatic carbocycles. The largest absolute Gasteiger partial charge is 0.487 e. The summed E-state index contributed by atoms with van der Waals surface area (Å²) < 4.78 is 32.3. The van der Waals surface area contributed by atoms with Crippen LogP contribution in [0.2, 0.25) is 0 Å². The van der Waals surface area contributed by atoms with Crippen molar-refractivity contribution in [3.05, 3.63) is 59.7 Å². The van der Waals surface area contributed by atoms with E-state index in [0.717, 1.165) is 29.9 Å². The minimum atomic E-state index is -0.916. The molecule has 2 aromatic carbocycles. The molecule has 6 heteroatoms. The number of benzene rings is 2. The lowest BCUT2D eigenvalue weighted by molar-refractivity contribution is 0.0697. The van der Waals surface area contributed by atoms with Crippen LogP contribution in [0.5, 0.6) is 5.75 Å². The Kier molecular flexibility index (Phi) is 4.41. The van der Waals surface area contributed by atoms with Gasteiger partial charge < -0.3 is 15.4 Å². The van der Waals surface area contributed by atoms with Gasteiger partial charge in [0.25, 0.3) is 0 Å². The molecular weight excluding hydrogens is 330 g/mol. The highest BCUT2D eigenvalue weighted by molar-refractivity contribution is 7.80. The van der Waals surface area contributed by atoms with Crippen molar-refractivity contribution in [2.45, 2.75) is 31.9 Å². The van der Waals surface area contributed by atoms with Crippen molar-refractivity contribution in [2.75, 3.05) is 5.32 Å². The second-order valence-corrected chi connectivity index (χ2v) is 6.79. The third-order valence-electron chi connectivity index (χ3n) is 3.86. The lowest BCUT2D eigenvalue weighted by Gasteiger charge is -2.38. The number of halogens is 2. The maximum Gasteiger partial charge on any atom is 0.171 e. The molecule has 3 rings (SSSR count). The summed E-state index contributed by atoms with van der Waals surface area (Å²) in [5.74, 6) is -0.984. The molecule has 0 unspecified atom stereocenters. The summed E-state index contributed by atoms with van der Waals surface area (Å²) in [6.07, 6.45) is 0.726. The standard InChI is InChI=1S/C18H18F2N2OS/c1-18(2)10-15(12-5-3-4-6-16(12)23-18)22-17(24)21-11-7-8-13(19)14(20)9-11/h3-9,15H,10H2,1-2H3,(H2,21,22,24)/t15-/m1/s1. The summed E-state index contributed by atoms with van der Waals surface area (Å²) in [4.78, 5) is 0. The molecule has 0 radical (unpaired) electrons. The average Bonchev–Trinajstić information content (AvgIpc) is 2.50. The number of anilines is 1. The number of fused-ring (bicyclic) bond motifs is 1. The smallest absolute Gasteiger partial charge is 0.171 e. The van der Waals surface area contributed by atoms with Gasteiger partial charge in [-0.3, -0.25) is 0 Å². The van der Waals surface area contributed by atoms with Crippen LogP contribution in [0.15, 0.2) is 42.5 Å². The lowest BCUT2D eigenvalue weighted by atomic mass is 9.90. The third-order valence-corrected chi connectivity index (χ3v) is 4.08. The first-order valence-corrected chi connectivity index (χ1v) is 8.05. The fourth-order valence-corrected chi connectivity index (χ4v) is 3.09. The maximum atomic E-state index is 13.3. The predicted molar refractivity (Wildman–Crippen MR) is 94.2 cm³/mol. The van der Waals surface area contributed by atoms with Gasteiger partial charge in [0.05, 0.1) is 6.04 Å². The number of hydrogen-bond donors (Lipinski definition) is 2. The average molecular weight is 348 g/mol. The van der Waals surface area contributed by atoms with Gasteiger partial charge in [-0.15, -0.1) is 0 Å². The molecule has 0 saturated heterocycles. The highest BCUT2D eigenvalue weighted by Crippen LogP contribution is 2.39. The van der Waals surface area contributed by atoms with Gasteiger partial charge in [0, 0.05) is 23.7 Å². The summed E-state index contributed by atoms with van der Waals surface area (Å²) in [5, 5.41) is 6.47. The Bertz CT molecular complexity index is 779. The molecule has 2 aromatic rings. The SMILES string of the molecule is CC1(C)C[C@@H](NC(=S)Nc2ccc(F)c(F)c2)c2ccccc2O1. The van der Waals surface area contributed by atoms with E-state index in [-0.39, 0.29) is 11.6 Å². The molecule has 0 bridgehead atoms. The fraction of sp³-hybridized carbons (Fsp3) is 0.278. The van der Waals surface area contributed by atoms with Crippen LogP contribution in [-0.4, -0.2) is 10.7 Å². The van der Waals surface area contributed by atoms with E-state index in [0.29, 0.717) is 10.8 Å². The van der Waals surface area contributed by atoms with Gasteiger partial charge in [-0.2, -0.15) is 0 Å². The Hall–Kier alpha value is -2.21. The topological polar surface area (TPSA) is 33.3 Å². The quantitative estimate of drug-likeness (QED) is 0.780. The molecule has 0 aromatic heterocycles. The Morgan fingerprint density at radius 3 is 2.67 bits per heavy atom. The van der Waals surface area contributed by atoms with Gasteiger partial charge in [-0.05, 0) is 44.3 Å². The van der Waals surface area contributed by atoms with Gasteiger partial charge in [0.15, 0.2) is 16.7 Å². The number of ether oxygens (including phenoxy) is 1. The molecule has 0 fully saturated rings. The Labute approximate surface area is 145 Å². The van der Waals surface area contributed by atoms with E-state index in [4.69, 9.17) is 17.0 Å². The van der Waals surface area contributed by atoms with Crippen molar-refractivity contribution < 1.29 is 13.5 Å². The molecule has 1 aliphatic heterocycles. The predicted octanol–water partition coefficient (Wildman–Crippen LogP) is 4.55. The second kappa shape index (κ2) is 6.36. The second-order valence-electron chi connectivity index (χ2n) is 6.38. The van der Waals surface area contributed by atoms with Gasteiger partial charge in [0.2, 0.25) is 0 Å². The zero-order valence-corrected chi connectivity index (χ0v) is 14.2. The number of nitrogens with one attached hydrogen (secondary N) is 2. The lowest BCUT2D eigenvalue weighted by Crippen LogP contribution is -2.42. The molecule has 2 N–H and O–H groups in total. The molecule has 3 nitrogen and oxygen atoms in total. The van der Waals surface area contributed by atoms with Crippen LogP contribution >= 0.6 is 12.2 Å². The molecule has 1 aliphatic rings. The first kappa shape index (κ1) is 16.6. The Morgan fingerprint density at radius 2 is 1.92 bits per heavy atom. The van der Waals surface area contributed by atoms with Gasteiger partial charge >= 0.3 is 0 Å². The van der Waals surface area contributed by atoms with Crippen LogP contribution < -0.4 is 15.4 Å². The van der Waals surface area contributed by atoms with E-state index in [1.165, 1.54) is 6.07 Å². The van der Waals surface area contributed by atoms with E-state index in [2.05, 4.69) is 10.6 Å². The van der Waals surface area contributed by atoms with Crippen LogP contribution in [0.1, 0.15) is 31.9 Å². The van der Waals surface area contributed by atoms with E-state index >= 15 is 0 Å². The van der Waals surface area contributed by atoms with Crippen LogP contribution in [-0.2, 0) is 0 Å². The van der Waals surface area contributed by atoms with Crippen molar-refractivity contribution in [1.82, 2.24) is 5.32 Å². The first-order chi connectivity index (χ1) is 11.3. The number of rotatable bonds is 2. The molecule has 0 spiro atoms. The van der Waals surface area contributed by atoms with Crippen LogP contribution in [0.25, 0.3) is 0 Å². The monoisotopic (exact) mass is 348 g/mol. The molecule has 0 saturated carbocycles. The van der Waals surface area contributed by atoms with E-state index < -0.39 is 11.6 Å². The van der Waals surface area contributed by atoms with E-state index in [1.54, 1.807) is 0 Å². The highest BCUT2D eigenvalue weighted by Gasteiger charge is 2.33. The molecule has 126 valence electrons. The normalized spacial score (nSPS) is 18.2. The summed E-state index contributed by atoms with van der Waals surface area (Å²) in [7, 11) is 0. The number of thiocarbonyl (C=S) groups is 1. The molecule has 0 amide bonds. The Balaban J connectivity index is 1.75. The van der Waals surface area contributed by atoms with Gasteiger partial charge in [-0.25, -0.2) is 8.78 Å². The van der Waals surface area contributed by atoms with Crippen molar-refractivity contribution in [3.63, 3.8) is 0 Å². The molecular formula is C18H18F2N2OS. The van der Waals surface area contributed by atoms with E-state index in [9.17, 15) is 8.78 Å². The van der Waals surface area contributed by atoms with Crippen molar-refractivity contribution in [3.8, 4) is 5.75 Å². The van der Waals surface area contributed by atoms with Crippen LogP contribution in [0.3, 0.4) is 0 Å². The maximum absolute atomic E-state index is 13.3. The molecule has 24 heavy (non-hydrogen) atoms. The van der Waals surface area contributed by atoms with Crippen molar-refractivity contribution in [1.29, 1.82) is 0 Å². The van der Waals surface area contributed by atoms with E-state index in [1.807, 2.05) is 38.1 Å². The van der Waals surface area contributed by atoms with Crippen molar-refractivity contribution >= 4 is 23.0 Å². The highest BCUT2D eigenvalue weighted by atomic mass is 32.1. The summed E-state index contributed by atoms with van der Waals surface area (Å²) in [5.41, 5.74) is 1.08. The zero-order valence-electron chi connectivity index (χ0n) is 13.4. The summed E-state index contributed by atoms with van der Waals surface area (Å²) in [6.45, 7) is 4.03. The van der Waals surface area contributed by atoms with Gasteiger partial charge in [-0.1, -0.05) is 18.2 Å². The van der Waals surface area contributed by atoms with Crippen LogP contribution in [0, 0.1) is 11.6 Å². The molecule has 1 atom stereocenters. The van der Waals surface area contributed by atoms with Crippen molar-refractivity contribution in [2.24, 2.45) is 0 Å². The first-order valence-electron chi connectivity index (χ1n) is 7.64. The third kappa shape index (κ3) is 3.64. The minimum Gasteiger partial charge on any atom is -0.487 e. The minimum absolute atomic E-state index is 0.0322.